The smallest absolute Gasteiger partial charge is 0.364 e. The zero-order chi connectivity index (χ0) is 18.9. The molecule has 0 amide bonds. The summed E-state index contributed by atoms with van der Waals surface area (Å²) in [5.74, 6) is 0.659. The van der Waals surface area contributed by atoms with Crippen molar-refractivity contribution in [1.29, 1.82) is 0 Å². The van der Waals surface area contributed by atoms with Crippen LogP contribution in [0.5, 0.6) is 0 Å². The molecule has 0 radical (unpaired) electrons. The van der Waals surface area contributed by atoms with Crippen LogP contribution in [0, 0.1) is 0 Å². The molecule has 0 spiro atoms. The summed E-state index contributed by atoms with van der Waals surface area (Å²) >= 11 is 0. The van der Waals surface area contributed by atoms with Crippen molar-refractivity contribution < 1.29 is 37.2 Å². The summed E-state index contributed by atoms with van der Waals surface area (Å²) in [5.41, 5.74) is 2.01. The van der Waals surface area contributed by atoms with E-state index in [1.165, 1.54) is 6.26 Å². The lowest BCUT2D eigenvalue weighted by Gasteiger charge is -2.11. The fourth-order valence-electron chi connectivity index (χ4n) is 1.69. The second-order valence-corrected chi connectivity index (χ2v) is 8.04. The Balaban J connectivity index is 2.29. The third-order valence-corrected chi connectivity index (χ3v) is 5.05. The summed E-state index contributed by atoms with van der Waals surface area (Å²) in [6.07, 6.45) is 6.51. The molecule has 0 aliphatic rings. The molecule has 0 saturated carbocycles. The van der Waals surface area contributed by atoms with E-state index in [-0.39, 0.29) is 6.61 Å². The fraction of sp³-hybridized carbons (Fsp3) is 0.462. The molecule has 1 aromatic heterocycles. The number of aromatic nitrogens is 1. The van der Waals surface area contributed by atoms with E-state index in [1.807, 2.05) is 19.9 Å². The number of phosphoric acid groups is 2. The van der Waals surface area contributed by atoms with Gasteiger partial charge in [0.2, 0.25) is 0 Å². The van der Waals surface area contributed by atoms with Crippen molar-refractivity contribution in [2.45, 2.75) is 26.7 Å². The van der Waals surface area contributed by atoms with Gasteiger partial charge in [0.15, 0.2) is 5.82 Å². The van der Waals surface area contributed by atoms with Gasteiger partial charge in [0, 0.05) is 12.6 Å². The van der Waals surface area contributed by atoms with Crippen LogP contribution in [0.2, 0.25) is 0 Å². The van der Waals surface area contributed by atoms with E-state index >= 15 is 0 Å². The fourth-order valence-corrected chi connectivity index (χ4v) is 3.21. The summed E-state index contributed by atoms with van der Waals surface area (Å²) in [5, 5.41) is 6.82. The van der Waals surface area contributed by atoms with Crippen molar-refractivity contribution in [1.82, 2.24) is 5.16 Å². The van der Waals surface area contributed by atoms with Gasteiger partial charge < -0.3 is 24.5 Å². The summed E-state index contributed by atoms with van der Waals surface area (Å²) in [4.78, 5) is 26.1. The summed E-state index contributed by atoms with van der Waals surface area (Å²) in [6.45, 7) is 4.12. The van der Waals surface area contributed by atoms with Gasteiger partial charge in [0.25, 0.3) is 0 Å². The lowest BCUT2D eigenvalue weighted by Crippen LogP contribution is -2.02. The molecular weight excluding hydrogens is 374 g/mol. The minimum absolute atomic E-state index is 0.296. The predicted molar refractivity (Wildman–Crippen MR) is 90.6 cm³/mol. The van der Waals surface area contributed by atoms with E-state index < -0.39 is 15.6 Å². The highest BCUT2D eigenvalue weighted by atomic mass is 31.3. The predicted octanol–water partition coefficient (Wildman–Crippen LogP) is 2.99. The molecule has 0 aliphatic carbocycles. The maximum atomic E-state index is 11.2. The van der Waals surface area contributed by atoms with E-state index in [9.17, 15) is 9.13 Å². The van der Waals surface area contributed by atoms with Crippen LogP contribution < -0.4 is 5.32 Å². The van der Waals surface area contributed by atoms with Crippen LogP contribution in [0.3, 0.4) is 0 Å². The minimum Gasteiger partial charge on any atom is -0.364 e. The molecule has 4 N–H and O–H groups in total. The Morgan fingerprint density at radius 3 is 2.60 bits per heavy atom. The van der Waals surface area contributed by atoms with E-state index in [4.69, 9.17) is 19.2 Å². The molecular formula is C13H22N2O8P2. The van der Waals surface area contributed by atoms with Gasteiger partial charge in [-0.15, -0.1) is 0 Å². The SMILES string of the molecule is C/C(=C\COP(=O)(O)OP(=O)(O)O)CC/C=C(\C)CNc1ccon1. The van der Waals surface area contributed by atoms with Gasteiger partial charge in [0.05, 0.1) is 6.61 Å². The molecule has 1 rings (SSSR count). The number of hydrogen-bond acceptors (Lipinski definition) is 7. The Bertz CT molecular complexity index is 680. The molecule has 25 heavy (non-hydrogen) atoms. The highest BCUT2D eigenvalue weighted by Crippen LogP contribution is 2.57. The van der Waals surface area contributed by atoms with E-state index in [1.54, 1.807) is 12.1 Å². The van der Waals surface area contributed by atoms with Crippen LogP contribution in [0.4, 0.5) is 5.82 Å². The molecule has 1 unspecified atom stereocenters. The molecule has 142 valence electrons. The van der Waals surface area contributed by atoms with Crippen LogP contribution >= 0.6 is 15.6 Å². The Labute approximate surface area is 145 Å². The first-order valence-corrected chi connectivity index (χ1v) is 10.3. The second-order valence-electron chi connectivity index (χ2n) is 5.21. The van der Waals surface area contributed by atoms with Crippen LogP contribution in [0.15, 0.2) is 40.2 Å². The van der Waals surface area contributed by atoms with E-state index in [0.717, 1.165) is 17.6 Å². The summed E-state index contributed by atoms with van der Waals surface area (Å²) < 4.78 is 34.6. The Hall–Kier alpha value is -1.25. The van der Waals surface area contributed by atoms with Crippen molar-refractivity contribution in [2.75, 3.05) is 18.5 Å². The molecule has 10 nitrogen and oxygen atoms in total. The first-order valence-electron chi connectivity index (χ1n) is 7.27. The number of nitrogens with zero attached hydrogens (tertiary/aromatic N) is 1. The molecule has 0 aromatic carbocycles. The van der Waals surface area contributed by atoms with Crippen molar-refractivity contribution >= 4 is 21.5 Å². The standard InChI is InChI=1S/C13H22N2O8P2/c1-11(6-9-22-25(19,20)23-24(16,17)18)4-3-5-12(2)10-14-13-7-8-21-15-13/h5-8H,3-4,9-10H2,1-2H3,(H,14,15)(H,19,20)(H2,16,17,18)/b11-6+,12-5+. The molecule has 1 atom stereocenters. The van der Waals surface area contributed by atoms with Crippen LogP contribution in [0.1, 0.15) is 26.7 Å². The number of anilines is 1. The van der Waals surface area contributed by atoms with Gasteiger partial charge >= 0.3 is 15.6 Å². The number of nitrogens with one attached hydrogen (secondary N) is 1. The molecule has 0 saturated heterocycles. The van der Waals surface area contributed by atoms with E-state index in [2.05, 4.69) is 19.3 Å². The maximum Gasteiger partial charge on any atom is 0.481 e. The third-order valence-electron chi connectivity index (χ3n) is 2.90. The second kappa shape index (κ2) is 10.0. The van der Waals surface area contributed by atoms with Crippen molar-refractivity contribution in [2.24, 2.45) is 0 Å². The molecule has 0 bridgehead atoms. The highest BCUT2D eigenvalue weighted by Gasteiger charge is 2.31. The van der Waals surface area contributed by atoms with Crippen molar-refractivity contribution in [3.05, 3.63) is 35.6 Å². The van der Waals surface area contributed by atoms with Crippen molar-refractivity contribution in [3.63, 3.8) is 0 Å². The first-order chi connectivity index (χ1) is 11.6. The Morgan fingerprint density at radius 2 is 2.00 bits per heavy atom. The van der Waals surface area contributed by atoms with Gasteiger partial charge in [-0.3, -0.25) is 4.52 Å². The lowest BCUT2D eigenvalue weighted by atomic mass is 10.1. The zero-order valence-corrected chi connectivity index (χ0v) is 15.7. The zero-order valence-electron chi connectivity index (χ0n) is 13.9. The number of rotatable bonds is 11. The summed E-state index contributed by atoms with van der Waals surface area (Å²) in [6, 6.07) is 1.72. The molecule has 12 heteroatoms. The lowest BCUT2D eigenvalue weighted by molar-refractivity contribution is 0.191. The molecule has 1 heterocycles. The number of allylic oxidation sites excluding steroid dienone is 2. The van der Waals surface area contributed by atoms with Gasteiger partial charge in [0.1, 0.15) is 6.26 Å². The van der Waals surface area contributed by atoms with Gasteiger partial charge in [-0.05, 0) is 26.7 Å². The van der Waals surface area contributed by atoms with Crippen molar-refractivity contribution in [3.8, 4) is 0 Å². The van der Waals surface area contributed by atoms with Gasteiger partial charge in [-0.25, -0.2) is 9.13 Å². The quantitative estimate of drug-likeness (QED) is 0.324. The number of hydrogen-bond donors (Lipinski definition) is 4. The number of phosphoric ester groups is 1. The molecule has 1 aromatic rings. The third kappa shape index (κ3) is 11.1. The van der Waals surface area contributed by atoms with Crippen LogP contribution in [0.25, 0.3) is 0 Å². The van der Waals surface area contributed by atoms with E-state index in [0.29, 0.717) is 18.8 Å². The Kier molecular flexibility index (Phi) is 8.75. The maximum absolute atomic E-state index is 11.2. The monoisotopic (exact) mass is 396 g/mol. The van der Waals surface area contributed by atoms with Crippen LogP contribution in [-0.4, -0.2) is 33.0 Å². The Morgan fingerprint density at radius 1 is 1.28 bits per heavy atom. The normalized spacial score (nSPS) is 15.9. The topological polar surface area (TPSA) is 151 Å². The summed E-state index contributed by atoms with van der Waals surface area (Å²) in [7, 11) is -9.87. The highest BCUT2D eigenvalue weighted by molar-refractivity contribution is 7.60. The van der Waals surface area contributed by atoms with Gasteiger partial charge in [-0.1, -0.05) is 28.5 Å². The molecule has 0 fully saturated rings. The average Bonchev–Trinajstić information content (AvgIpc) is 2.95. The average molecular weight is 396 g/mol. The van der Waals surface area contributed by atoms with Crippen LogP contribution in [-0.2, 0) is 18.0 Å². The van der Waals surface area contributed by atoms with Gasteiger partial charge in [-0.2, -0.15) is 4.31 Å². The largest absolute Gasteiger partial charge is 0.481 e. The minimum atomic E-state index is -5.09. The first kappa shape index (κ1) is 21.8. The molecule has 0 aliphatic heterocycles.